The molecule has 20 rings (SSSR count). The van der Waals surface area contributed by atoms with Gasteiger partial charge in [0.15, 0.2) is 0 Å². The summed E-state index contributed by atoms with van der Waals surface area (Å²) in [5, 5.41) is 37.0. The number of aryl methyl sites for hydroxylation is 1. The van der Waals surface area contributed by atoms with Crippen LogP contribution in [0.3, 0.4) is 0 Å². The third-order valence-electron chi connectivity index (χ3n) is 20.1. The van der Waals surface area contributed by atoms with E-state index in [1.54, 1.807) is 0 Å². The first-order valence-electron chi connectivity index (χ1n) is 32.2. The average Bonchev–Trinajstić information content (AvgIpc) is 1.59. The molecule has 14 aromatic carbocycles. The van der Waals surface area contributed by atoms with Crippen LogP contribution in [0.4, 0.5) is 0 Å². The average molecular weight is 1210 g/mol. The summed E-state index contributed by atoms with van der Waals surface area (Å²) in [5.74, 6) is 0. The lowest BCUT2D eigenvalue weighted by Crippen LogP contribution is -2.06. The second-order valence-corrected chi connectivity index (χ2v) is 25.2. The Hall–Kier alpha value is -13.1. The van der Waals surface area contributed by atoms with E-state index in [4.69, 9.17) is 0 Å². The van der Waals surface area contributed by atoms with Crippen LogP contribution in [-0.4, -0.2) is 27.4 Å². The predicted molar refractivity (Wildman–Crippen MR) is 392 cm³/mol. The van der Waals surface area contributed by atoms with Crippen molar-refractivity contribution in [1.82, 2.24) is 27.4 Å². The summed E-state index contributed by atoms with van der Waals surface area (Å²) in [6.07, 6.45) is 0. The van der Waals surface area contributed by atoms with Gasteiger partial charge in [0.1, 0.15) is 11.6 Å². The van der Waals surface area contributed by atoms with Crippen LogP contribution in [-0.2, 0) is 0 Å². The van der Waals surface area contributed by atoms with Gasteiger partial charge in [0.2, 0.25) is 0 Å². The Bertz CT molecular complexity index is 5910. The van der Waals surface area contributed by atoms with Crippen molar-refractivity contribution in [2.45, 2.75) is 6.92 Å². The second-order valence-electron chi connectivity index (χ2n) is 25.2. The Labute approximate surface area is 543 Å². The van der Waals surface area contributed by atoms with E-state index in [1.165, 1.54) is 43.1 Å². The highest BCUT2D eigenvalue weighted by Crippen LogP contribution is 2.46. The van der Waals surface area contributed by atoms with E-state index >= 15 is 0 Å². The number of benzene rings is 14. The van der Waals surface area contributed by atoms with Crippen LogP contribution >= 0.6 is 0 Å². The molecule has 0 aliphatic carbocycles. The van der Waals surface area contributed by atoms with Crippen molar-refractivity contribution in [3.8, 4) is 57.4 Å². The molecule has 8 heteroatoms. The number of rotatable bonds is 7. The van der Waals surface area contributed by atoms with Gasteiger partial charge in [-0.05, 0) is 145 Å². The Balaban J connectivity index is 0.947. The van der Waals surface area contributed by atoms with E-state index in [2.05, 4.69) is 332 Å². The minimum absolute atomic E-state index is 0.480. The summed E-state index contributed by atoms with van der Waals surface area (Å²) in [5.41, 5.74) is 21.6. The van der Waals surface area contributed by atoms with E-state index in [1.807, 2.05) is 12.1 Å². The van der Waals surface area contributed by atoms with Gasteiger partial charge < -0.3 is 27.4 Å². The monoisotopic (exact) mass is 1210 g/mol. The van der Waals surface area contributed by atoms with Crippen molar-refractivity contribution in [3.05, 3.63) is 314 Å². The molecule has 0 bridgehead atoms. The van der Waals surface area contributed by atoms with Crippen molar-refractivity contribution in [2.75, 3.05) is 0 Å². The molecule has 8 nitrogen and oxygen atoms in total. The first-order valence-corrected chi connectivity index (χ1v) is 32.2. The first-order chi connectivity index (χ1) is 47.0. The molecule has 440 valence electrons. The lowest BCUT2D eigenvalue weighted by atomic mass is 9.97. The first kappa shape index (κ1) is 52.6. The van der Waals surface area contributed by atoms with Gasteiger partial charge in [-0.1, -0.05) is 176 Å². The number of aromatic nitrogens is 6. The third-order valence-corrected chi connectivity index (χ3v) is 20.1. The maximum absolute atomic E-state index is 12.7. The van der Waals surface area contributed by atoms with Crippen LogP contribution in [0.15, 0.2) is 297 Å². The molecule has 6 heterocycles. The Morgan fingerprint density at radius 3 is 0.716 bits per heavy atom. The van der Waals surface area contributed by atoms with Gasteiger partial charge >= 0.3 is 0 Å². The van der Waals surface area contributed by atoms with Crippen LogP contribution in [0, 0.1) is 29.6 Å². The van der Waals surface area contributed by atoms with Crippen LogP contribution in [0.25, 0.3) is 176 Å². The molecule has 95 heavy (non-hydrogen) atoms. The molecule has 0 radical (unpaired) electrons. The molecular weight excluding hydrogens is 1160 g/mol. The summed E-state index contributed by atoms with van der Waals surface area (Å²) >= 11 is 0. The van der Waals surface area contributed by atoms with Crippen LogP contribution in [0.2, 0.25) is 0 Å². The minimum Gasteiger partial charge on any atom is -0.309 e. The van der Waals surface area contributed by atoms with Gasteiger partial charge in [-0.3, -0.25) is 0 Å². The number of nitriles is 2. The van der Waals surface area contributed by atoms with E-state index in [0.717, 1.165) is 127 Å². The zero-order valence-electron chi connectivity index (χ0n) is 51.4. The lowest BCUT2D eigenvalue weighted by molar-refractivity contribution is 1.10. The molecule has 0 N–H and O–H groups in total. The molecule has 0 spiro atoms. The second kappa shape index (κ2) is 19.9. The molecule has 0 saturated carbocycles. The minimum atomic E-state index is 0.480. The molecule has 0 fully saturated rings. The number of fused-ring (bicyclic) bond motifs is 18. The summed E-state index contributed by atoms with van der Waals surface area (Å²) in [6, 6.07) is 112. The molecule has 0 saturated heterocycles. The van der Waals surface area contributed by atoms with Gasteiger partial charge in [-0.15, -0.1) is 0 Å². The van der Waals surface area contributed by atoms with Gasteiger partial charge in [-0.25, -0.2) is 0 Å². The Morgan fingerprint density at radius 2 is 0.463 bits per heavy atom. The van der Waals surface area contributed by atoms with Gasteiger partial charge in [0, 0.05) is 87.4 Å². The highest BCUT2D eigenvalue weighted by molar-refractivity contribution is 6.17. The quantitative estimate of drug-likeness (QED) is 0.159. The SMILES string of the molecule is Cc1cc(C#N)cc(-c2cc(-n3c4cc(-n5c6ccccc6c6ccccc65)ccc4c4ccc(-n5c6ccccc6c6ccccc65)cc43)c(C#N)c(-n3c4cc(-n5c6ccccc6c6ccccc65)ccc4c4ccc(-n5c6ccccc6c6ccccc65)cc43)c2)c1. The molecule has 0 atom stereocenters. The fraction of sp³-hybridized carbons (Fsp3) is 0.0115. The molecule has 0 aliphatic heterocycles. The third kappa shape index (κ3) is 7.50. The standard InChI is InChI=1S/C87H52N8/c1-53-42-54(51-88)44-55(43-53)56-45-82(94-84-47-57(90-74-26-10-2-18-61(74)62-19-3-11-27-75(62)90)34-38-69(84)70-39-35-58(48-85(70)94)91-76-28-12-4-20-63(76)64-21-5-13-29-77(64)91)73(52-89)83(46-56)95-86-49-59(92-78-30-14-6-22-65(78)66-23-7-15-31-79(66)92)36-40-71(86)72-41-37-60(50-87(72)95)93-80-32-16-8-24-67(80)68-25-9-17-33-81(68)93/h2-50H,1H3. The molecule has 20 aromatic rings. The summed E-state index contributed by atoms with van der Waals surface area (Å²) < 4.78 is 14.2. The van der Waals surface area contributed by atoms with E-state index in [9.17, 15) is 10.5 Å². The molecule has 0 amide bonds. The Morgan fingerprint density at radius 1 is 0.221 bits per heavy atom. The fourth-order valence-corrected chi connectivity index (χ4v) is 16.1. The normalized spacial score (nSPS) is 12.0. The van der Waals surface area contributed by atoms with Gasteiger partial charge in [0.05, 0.1) is 89.2 Å². The maximum atomic E-state index is 12.7. The Kier molecular flexibility index (Phi) is 11.0. The lowest BCUT2D eigenvalue weighted by Gasteiger charge is -2.20. The number of para-hydroxylation sites is 8. The number of hydrogen-bond acceptors (Lipinski definition) is 2. The summed E-state index contributed by atoms with van der Waals surface area (Å²) in [7, 11) is 0. The van der Waals surface area contributed by atoms with Crippen molar-refractivity contribution >= 4 is 131 Å². The largest absolute Gasteiger partial charge is 0.309 e. The van der Waals surface area contributed by atoms with Crippen LogP contribution in [0.5, 0.6) is 0 Å². The summed E-state index contributed by atoms with van der Waals surface area (Å²) in [4.78, 5) is 0. The maximum Gasteiger partial charge on any atom is 0.104 e. The van der Waals surface area contributed by atoms with Crippen molar-refractivity contribution in [1.29, 1.82) is 10.5 Å². The smallest absolute Gasteiger partial charge is 0.104 e. The van der Waals surface area contributed by atoms with Gasteiger partial charge in [-0.2, -0.15) is 10.5 Å². The summed E-state index contributed by atoms with van der Waals surface area (Å²) in [6.45, 7) is 2.05. The highest BCUT2D eigenvalue weighted by Gasteiger charge is 2.27. The van der Waals surface area contributed by atoms with E-state index < -0.39 is 0 Å². The highest BCUT2D eigenvalue weighted by atomic mass is 15.1. The predicted octanol–water partition coefficient (Wildman–Crippen LogP) is 22.0. The van der Waals surface area contributed by atoms with E-state index in [0.29, 0.717) is 22.5 Å². The van der Waals surface area contributed by atoms with Crippen LogP contribution in [0.1, 0.15) is 16.7 Å². The van der Waals surface area contributed by atoms with Gasteiger partial charge in [0.25, 0.3) is 0 Å². The van der Waals surface area contributed by atoms with E-state index in [-0.39, 0.29) is 0 Å². The fourth-order valence-electron chi connectivity index (χ4n) is 16.1. The molecule has 0 unspecified atom stereocenters. The number of hydrogen-bond donors (Lipinski definition) is 0. The van der Waals surface area contributed by atoms with Crippen molar-refractivity contribution in [3.63, 3.8) is 0 Å². The number of nitrogens with zero attached hydrogens (tertiary/aromatic N) is 8. The molecular formula is C87H52N8. The zero-order valence-corrected chi connectivity index (χ0v) is 51.4. The topological polar surface area (TPSA) is 77.2 Å². The zero-order chi connectivity index (χ0) is 62.7. The van der Waals surface area contributed by atoms with Crippen LogP contribution < -0.4 is 0 Å². The van der Waals surface area contributed by atoms with Crippen molar-refractivity contribution in [2.24, 2.45) is 0 Å². The molecule has 0 aliphatic rings. The van der Waals surface area contributed by atoms with Crippen molar-refractivity contribution < 1.29 is 0 Å². The molecule has 6 aromatic heterocycles.